The van der Waals surface area contributed by atoms with E-state index >= 15 is 0 Å². The van der Waals surface area contributed by atoms with Crippen molar-refractivity contribution in [2.24, 2.45) is 5.73 Å². The number of nitrogens with two attached hydrogens (primary N) is 1. The number of carbonyl (C=O) groups is 1. The molecule has 0 bridgehead atoms. The average Bonchev–Trinajstić information content (AvgIpc) is 2.45. The first kappa shape index (κ1) is 14.8. The molecular weight excluding hydrogens is 279 g/mol. The van der Waals surface area contributed by atoms with Crippen LogP contribution in [0, 0.1) is 0 Å². The van der Waals surface area contributed by atoms with Crippen molar-refractivity contribution in [3.8, 4) is 11.1 Å². The van der Waals surface area contributed by atoms with Gasteiger partial charge >= 0.3 is 6.18 Å². The zero-order valence-corrected chi connectivity index (χ0v) is 10.9. The quantitative estimate of drug-likeness (QED) is 0.857. The SMILES string of the molecule is NC(=O)/C=C\c1cccc(-c2ccc(C(F)(F)F)cc2)c1. The summed E-state index contributed by atoms with van der Waals surface area (Å²) in [5.74, 6) is -0.560. The summed E-state index contributed by atoms with van der Waals surface area (Å²) < 4.78 is 37.5. The maximum atomic E-state index is 12.5. The Kier molecular flexibility index (Phi) is 4.12. The van der Waals surface area contributed by atoms with Gasteiger partial charge in [-0.25, -0.2) is 0 Å². The highest BCUT2D eigenvalue weighted by atomic mass is 19.4. The van der Waals surface area contributed by atoms with Crippen LogP contribution in [0.15, 0.2) is 54.6 Å². The van der Waals surface area contributed by atoms with E-state index < -0.39 is 17.6 Å². The molecule has 2 N–H and O–H groups in total. The van der Waals surface area contributed by atoms with E-state index in [1.54, 1.807) is 30.3 Å². The van der Waals surface area contributed by atoms with E-state index in [9.17, 15) is 18.0 Å². The molecule has 0 saturated heterocycles. The van der Waals surface area contributed by atoms with Crippen molar-refractivity contribution in [3.63, 3.8) is 0 Å². The molecular formula is C16H12F3NO. The second-order valence-corrected chi connectivity index (χ2v) is 4.44. The number of rotatable bonds is 3. The van der Waals surface area contributed by atoms with Crippen LogP contribution < -0.4 is 5.73 Å². The van der Waals surface area contributed by atoms with Crippen LogP contribution in [-0.2, 0) is 11.0 Å². The molecule has 2 aromatic rings. The fraction of sp³-hybridized carbons (Fsp3) is 0.0625. The zero-order chi connectivity index (χ0) is 15.5. The van der Waals surface area contributed by atoms with Crippen LogP contribution in [0.2, 0.25) is 0 Å². The molecule has 2 aromatic carbocycles. The first-order valence-corrected chi connectivity index (χ1v) is 6.11. The Labute approximate surface area is 119 Å². The maximum Gasteiger partial charge on any atom is 0.416 e. The Morgan fingerprint density at radius 2 is 1.67 bits per heavy atom. The summed E-state index contributed by atoms with van der Waals surface area (Å²) in [4.78, 5) is 10.7. The van der Waals surface area contributed by atoms with Gasteiger partial charge in [-0.1, -0.05) is 30.3 Å². The Morgan fingerprint density at radius 1 is 1.00 bits per heavy atom. The number of amides is 1. The van der Waals surface area contributed by atoms with Crippen LogP contribution in [0.4, 0.5) is 13.2 Å². The molecule has 0 unspecified atom stereocenters. The smallest absolute Gasteiger partial charge is 0.366 e. The third-order valence-electron chi connectivity index (χ3n) is 2.87. The van der Waals surface area contributed by atoms with Gasteiger partial charge in [0.15, 0.2) is 0 Å². The van der Waals surface area contributed by atoms with Crippen molar-refractivity contribution in [3.05, 3.63) is 65.7 Å². The molecule has 0 saturated carbocycles. The van der Waals surface area contributed by atoms with Crippen molar-refractivity contribution in [2.75, 3.05) is 0 Å². The number of hydrogen-bond acceptors (Lipinski definition) is 1. The number of alkyl halides is 3. The highest BCUT2D eigenvalue weighted by Crippen LogP contribution is 2.31. The van der Waals surface area contributed by atoms with E-state index in [4.69, 9.17) is 5.73 Å². The van der Waals surface area contributed by atoms with Crippen LogP contribution in [0.3, 0.4) is 0 Å². The van der Waals surface area contributed by atoms with E-state index in [2.05, 4.69) is 0 Å². The molecule has 0 aliphatic heterocycles. The van der Waals surface area contributed by atoms with Crippen LogP contribution in [0.25, 0.3) is 17.2 Å². The van der Waals surface area contributed by atoms with E-state index in [0.29, 0.717) is 5.56 Å². The fourth-order valence-electron chi connectivity index (χ4n) is 1.85. The summed E-state index contributed by atoms with van der Waals surface area (Å²) in [6, 6.07) is 12.0. The number of hydrogen-bond donors (Lipinski definition) is 1. The molecule has 108 valence electrons. The summed E-state index contributed by atoms with van der Waals surface area (Å²) in [6.07, 6.45) is -1.56. The van der Waals surface area contributed by atoms with Gasteiger partial charge in [0.2, 0.25) is 5.91 Å². The van der Waals surface area contributed by atoms with Crippen molar-refractivity contribution in [1.29, 1.82) is 0 Å². The van der Waals surface area contributed by atoms with E-state index in [1.165, 1.54) is 18.2 Å². The topological polar surface area (TPSA) is 43.1 Å². The molecule has 0 spiro atoms. The second-order valence-electron chi connectivity index (χ2n) is 4.44. The van der Waals surface area contributed by atoms with Gasteiger partial charge in [0, 0.05) is 6.08 Å². The molecule has 1 amide bonds. The highest BCUT2D eigenvalue weighted by Gasteiger charge is 2.29. The monoisotopic (exact) mass is 291 g/mol. The zero-order valence-electron chi connectivity index (χ0n) is 10.9. The third-order valence-corrected chi connectivity index (χ3v) is 2.87. The van der Waals surface area contributed by atoms with Crippen molar-refractivity contribution < 1.29 is 18.0 Å². The van der Waals surface area contributed by atoms with Crippen molar-refractivity contribution in [2.45, 2.75) is 6.18 Å². The van der Waals surface area contributed by atoms with Gasteiger partial charge in [-0.3, -0.25) is 4.79 Å². The van der Waals surface area contributed by atoms with Gasteiger partial charge in [0.25, 0.3) is 0 Å². The summed E-state index contributed by atoms with van der Waals surface area (Å²) in [5.41, 5.74) is 6.50. The molecule has 0 aromatic heterocycles. The summed E-state index contributed by atoms with van der Waals surface area (Å²) in [5, 5.41) is 0. The standard InChI is InChI=1S/C16H12F3NO/c17-16(18,19)14-7-5-12(6-8-14)13-3-1-2-11(10-13)4-9-15(20)21/h1-10H,(H2,20,21)/b9-4-. The molecule has 0 heterocycles. The van der Waals surface area contributed by atoms with E-state index in [0.717, 1.165) is 23.3 Å². The second kappa shape index (κ2) is 5.83. The molecule has 0 atom stereocenters. The normalized spacial score (nSPS) is 11.8. The number of benzene rings is 2. The Morgan fingerprint density at radius 3 is 2.24 bits per heavy atom. The average molecular weight is 291 g/mol. The minimum absolute atomic E-state index is 0.560. The lowest BCUT2D eigenvalue weighted by atomic mass is 10.0. The molecule has 2 nitrogen and oxygen atoms in total. The third kappa shape index (κ3) is 3.95. The van der Waals surface area contributed by atoms with Crippen LogP contribution in [0.1, 0.15) is 11.1 Å². The minimum Gasteiger partial charge on any atom is -0.366 e. The lowest BCUT2D eigenvalue weighted by Crippen LogP contribution is -2.05. The molecule has 0 radical (unpaired) electrons. The Balaban J connectivity index is 2.30. The van der Waals surface area contributed by atoms with Crippen LogP contribution in [0.5, 0.6) is 0 Å². The summed E-state index contributed by atoms with van der Waals surface area (Å²) >= 11 is 0. The molecule has 0 aliphatic carbocycles. The molecule has 21 heavy (non-hydrogen) atoms. The molecule has 5 heteroatoms. The van der Waals surface area contributed by atoms with E-state index in [1.807, 2.05) is 0 Å². The Hall–Kier alpha value is -2.56. The summed E-state index contributed by atoms with van der Waals surface area (Å²) in [7, 11) is 0. The first-order chi connectivity index (χ1) is 9.86. The van der Waals surface area contributed by atoms with Crippen LogP contribution >= 0.6 is 0 Å². The minimum atomic E-state index is -4.34. The molecule has 2 rings (SSSR count). The lowest BCUT2D eigenvalue weighted by Gasteiger charge is -2.08. The number of carbonyl (C=O) groups excluding carboxylic acids is 1. The van der Waals surface area contributed by atoms with Gasteiger partial charge < -0.3 is 5.73 Å². The number of halogens is 3. The summed E-state index contributed by atoms with van der Waals surface area (Å²) in [6.45, 7) is 0. The van der Waals surface area contributed by atoms with E-state index in [-0.39, 0.29) is 0 Å². The Bertz CT molecular complexity index is 673. The van der Waals surface area contributed by atoms with Gasteiger partial charge in [-0.2, -0.15) is 13.2 Å². The van der Waals surface area contributed by atoms with Crippen molar-refractivity contribution in [1.82, 2.24) is 0 Å². The lowest BCUT2D eigenvalue weighted by molar-refractivity contribution is -0.137. The van der Waals surface area contributed by atoms with Crippen LogP contribution in [-0.4, -0.2) is 5.91 Å². The highest BCUT2D eigenvalue weighted by molar-refractivity contribution is 5.90. The maximum absolute atomic E-state index is 12.5. The van der Waals surface area contributed by atoms with Gasteiger partial charge in [-0.05, 0) is 41.0 Å². The van der Waals surface area contributed by atoms with Gasteiger partial charge in [0.1, 0.15) is 0 Å². The van der Waals surface area contributed by atoms with Gasteiger partial charge in [0.05, 0.1) is 5.56 Å². The largest absolute Gasteiger partial charge is 0.416 e. The number of primary amides is 1. The van der Waals surface area contributed by atoms with Crippen molar-refractivity contribution >= 4 is 12.0 Å². The predicted molar refractivity (Wildman–Crippen MR) is 75.1 cm³/mol. The molecule has 0 fully saturated rings. The fourth-order valence-corrected chi connectivity index (χ4v) is 1.85. The van der Waals surface area contributed by atoms with Gasteiger partial charge in [-0.15, -0.1) is 0 Å². The first-order valence-electron chi connectivity index (χ1n) is 6.11. The predicted octanol–water partition coefficient (Wildman–Crippen LogP) is 3.87. The molecule has 0 aliphatic rings.